The van der Waals surface area contributed by atoms with Gasteiger partial charge in [0.25, 0.3) is 0 Å². The van der Waals surface area contributed by atoms with Gasteiger partial charge >= 0.3 is 6.03 Å². The van der Waals surface area contributed by atoms with Gasteiger partial charge in [-0.1, -0.05) is 37.3 Å². The number of pyridine rings is 1. The third-order valence-corrected chi connectivity index (χ3v) is 2.86. The number of hydrogen-bond acceptors (Lipinski definition) is 2. The van der Waals surface area contributed by atoms with Crippen molar-refractivity contribution in [2.75, 3.05) is 11.9 Å². The Morgan fingerprint density at radius 1 is 1.21 bits per heavy atom. The van der Waals surface area contributed by atoms with Gasteiger partial charge in [0.15, 0.2) is 0 Å². The number of hydrogen-bond donors (Lipinski definition) is 2. The van der Waals surface area contributed by atoms with E-state index in [-0.39, 0.29) is 11.9 Å². The van der Waals surface area contributed by atoms with Crippen LogP contribution in [0.4, 0.5) is 10.5 Å². The zero-order valence-corrected chi connectivity index (χ0v) is 10.8. The van der Waals surface area contributed by atoms with Gasteiger partial charge in [0, 0.05) is 12.7 Å². The maximum absolute atomic E-state index is 11.7. The molecule has 1 heterocycles. The van der Waals surface area contributed by atoms with E-state index in [4.69, 9.17) is 0 Å². The topological polar surface area (TPSA) is 54.0 Å². The number of amides is 2. The average molecular weight is 255 g/mol. The van der Waals surface area contributed by atoms with Gasteiger partial charge in [-0.05, 0) is 23.6 Å². The van der Waals surface area contributed by atoms with Crippen LogP contribution in [0.5, 0.6) is 0 Å². The maximum Gasteiger partial charge on any atom is 0.319 e. The Morgan fingerprint density at radius 2 is 2.00 bits per heavy atom. The number of nitrogens with zero attached hydrogens (tertiary/aromatic N) is 1. The number of nitrogens with one attached hydrogen (secondary N) is 2. The van der Waals surface area contributed by atoms with Crippen LogP contribution in [-0.2, 0) is 0 Å². The fourth-order valence-corrected chi connectivity index (χ4v) is 1.76. The van der Waals surface area contributed by atoms with E-state index in [2.05, 4.69) is 34.7 Å². The van der Waals surface area contributed by atoms with Gasteiger partial charge in [-0.3, -0.25) is 4.98 Å². The molecule has 0 aliphatic heterocycles. The summed E-state index contributed by atoms with van der Waals surface area (Å²) in [4.78, 5) is 15.6. The van der Waals surface area contributed by atoms with Crippen molar-refractivity contribution in [1.29, 1.82) is 0 Å². The van der Waals surface area contributed by atoms with Gasteiger partial charge in [0.1, 0.15) is 0 Å². The quantitative estimate of drug-likeness (QED) is 0.882. The molecule has 2 rings (SSSR count). The van der Waals surface area contributed by atoms with Crippen molar-refractivity contribution >= 4 is 11.7 Å². The van der Waals surface area contributed by atoms with Gasteiger partial charge < -0.3 is 10.6 Å². The van der Waals surface area contributed by atoms with Gasteiger partial charge in [-0.2, -0.15) is 0 Å². The van der Waals surface area contributed by atoms with Crippen molar-refractivity contribution in [3.8, 4) is 0 Å². The standard InChI is InChI=1S/C15H17N3O/c1-12(13-6-3-2-4-7-13)10-17-15(19)18-14-8-5-9-16-11-14/h2-9,11-12H,10H2,1H3,(H2,17,18,19). The number of urea groups is 1. The predicted octanol–water partition coefficient (Wildman–Crippen LogP) is 3.01. The van der Waals surface area contributed by atoms with Crippen LogP contribution >= 0.6 is 0 Å². The van der Waals surface area contributed by atoms with Crippen molar-refractivity contribution in [2.24, 2.45) is 0 Å². The van der Waals surface area contributed by atoms with Gasteiger partial charge in [0.2, 0.25) is 0 Å². The Labute approximate surface area is 112 Å². The number of aromatic nitrogens is 1. The zero-order chi connectivity index (χ0) is 13.5. The van der Waals surface area contributed by atoms with Crippen molar-refractivity contribution < 1.29 is 4.79 Å². The number of benzene rings is 1. The highest BCUT2D eigenvalue weighted by Crippen LogP contribution is 2.13. The van der Waals surface area contributed by atoms with E-state index in [1.54, 1.807) is 24.5 Å². The molecule has 0 fully saturated rings. The molecule has 0 aliphatic carbocycles. The lowest BCUT2D eigenvalue weighted by atomic mass is 10.0. The Hall–Kier alpha value is -2.36. The van der Waals surface area contributed by atoms with Gasteiger partial charge in [-0.15, -0.1) is 0 Å². The Kier molecular flexibility index (Phi) is 4.50. The second kappa shape index (κ2) is 6.54. The molecule has 4 nitrogen and oxygen atoms in total. The third-order valence-electron chi connectivity index (χ3n) is 2.86. The van der Waals surface area contributed by atoms with E-state index in [1.807, 2.05) is 18.2 Å². The first kappa shape index (κ1) is 13.1. The van der Waals surface area contributed by atoms with Crippen LogP contribution in [0.1, 0.15) is 18.4 Å². The molecule has 1 unspecified atom stereocenters. The van der Waals surface area contributed by atoms with Crippen molar-refractivity contribution in [1.82, 2.24) is 10.3 Å². The SMILES string of the molecule is CC(CNC(=O)Nc1cccnc1)c1ccccc1. The van der Waals surface area contributed by atoms with Crippen LogP contribution in [0.25, 0.3) is 0 Å². The lowest BCUT2D eigenvalue weighted by Crippen LogP contribution is -2.31. The van der Waals surface area contributed by atoms with Crippen LogP contribution in [0.2, 0.25) is 0 Å². The molecule has 2 aromatic rings. The van der Waals surface area contributed by atoms with Gasteiger partial charge in [-0.25, -0.2) is 4.79 Å². The van der Waals surface area contributed by atoms with Crippen LogP contribution in [-0.4, -0.2) is 17.6 Å². The van der Waals surface area contributed by atoms with Crippen LogP contribution in [0, 0.1) is 0 Å². The van der Waals surface area contributed by atoms with E-state index in [1.165, 1.54) is 5.56 Å². The molecular formula is C15H17N3O. The molecule has 0 saturated heterocycles. The van der Waals surface area contributed by atoms with E-state index < -0.39 is 0 Å². The Morgan fingerprint density at radius 3 is 2.68 bits per heavy atom. The summed E-state index contributed by atoms with van der Waals surface area (Å²) in [7, 11) is 0. The number of carbonyl (C=O) groups is 1. The molecule has 19 heavy (non-hydrogen) atoms. The van der Waals surface area contributed by atoms with Gasteiger partial charge in [0.05, 0.1) is 11.9 Å². The summed E-state index contributed by atoms with van der Waals surface area (Å²) in [6.07, 6.45) is 3.28. The zero-order valence-electron chi connectivity index (χ0n) is 10.8. The molecular weight excluding hydrogens is 238 g/mol. The Balaban J connectivity index is 1.81. The summed E-state index contributed by atoms with van der Waals surface area (Å²) in [5.41, 5.74) is 1.90. The van der Waals surface area contributed by atoms with E-state index in [0.29, 0.717) is 12.2 Å². The second-order valence-corrected chi connectivity index (χ2v) is 4.39. The molecule has 4 heteroatoms. The second-order valence-electron chi connectivity index (χ2n) is 4.39. The summed E-state index contributed by atoms with van der Waals surface area (Å²) >= 11 is 0. The maximum atomic E-state index is 11.7. The summed E-state index contributed by atoms with van der Waals surface area (Å²) in [5, 5.41) is 5.59. The molecule has 2 amide bonds. The van der Waals surface area contributed by atoms with E-state index >= 15 is 0 Å². The number of carbonyl (C=O) groups excluding carboxylic acids is 1. The molecule has 1 aromatic carbocycles. The third kappa shape index (κ3) is 4.10. The molecule has 0 spiro atoms. The minimum atomic E-state index is -0.212. The van der Waals surface area contributed by atoms with Crippen LogP contribution in [0.15, 0.2) is 54.9 Å². The number of rotatable bonds is 4. The highest BCUT2D eigenvalue weighted by molar-refractivity contribution is 5.88. The lowest BCUT2D eigenvalue weighted by Gasteiger charge is -2.13. The highest BCUT2D eigenvalue weighted by Gasteiger charge is 2.07. The van der Waals surface area contributed by atoms with E-state index in [0.717, 1.165) is 0 Å². The van der Waals surface area contributed by atoms with Crippen LogP contribution < -0.4 is 10.6 Å². The molecule has 0 bridgehead atoms. The molecule has 0 saturated carbocycles. The van der Waals surface area contributed by atoms with Crippen molar-refractivity contribution in [3.63, 3.8) is 0 Å². The summed E-state index contributed by atoms with van der Waals surface area (Å²) < 4.78 is 0. The molecule has 1 atom stereocenters. The summed E-state index contributed by atoms with van der Waals surface area (Å²) in [5.74, 6) is 0.279. The largest absolute Gasteiger partial charge is 0.337 e. The minimum Gasteiger partial charge on any atom is -0.337 e. The van der Waals surface area contributed by atoms with Crippen molar-refractivity contribution in [2.45, 2.75) is 12.8 Å². The molecule has 2 N–H and O–H groups in total. The molecule has 1 aromatic heterocycles. The highest BCUT2D eigenvalue weighted by atomic mass is 16.2. The van der Waals surface area contributed by atoms with Crippen LogP contribution in [0.3, 0.4) is 0 Å². The first-order valence-corrected chi connectivity index (χ1v) is 6.25. The average Bonchev–Trinajstić information content (AvgIpc) is 2.47. The predicted molar refractivity (Wildman–Crippen MR) is 76.1 cm³/mol. The Bertz CT molecular complexity index is 513. The fraction of sp³-hybridized carbons (Fsp3) is 0.200. The van der Waals surface area contributed by atoms with E-state index in [9.17, 15) is 4.79 Å². The normalized spacial score (nSPS) is 11.6. The smallest absolute Gasteiger partial charge is 0.319 e. The monoisotopic (exact) mass is 255 g/mol. The first-order chi connectivity index (χ1) is 9.25. The molecule has 0 radical (unpaired) electrons. The summed E-state index contributed by atoms with van der Waals surface area (Å²) in [6.45, 7) is 2.68. The molecule has 98 valence electrons. The molecule has 0 aliphatic rings. The lowest BCUT2D eigenvalue weighted by molar-refractivity contribution is 0.251. The summed E-state index contributed by atoms with van der Waals surface area (Å²) in [6, 6.07) is 13.5. The number of anilines is 1. The first-order valence-electron chi connectivity index (χ1n) is 6.25. The minimum absolute atomic E-state index is 0.212. The fourth-order valence-electron chi connectivity index (χ4n) is 1.76. The van der Waals surface area contributed by atoms with Crippen molar-refractivity contribution in [3.05, 3.63) is 60.4 Å².